The number of nitro groups is 1. The van der Waals surface area contributed by atoms with Gasteiger partial charge in [0.2, 0.25) is 5.91 Å². The highest BCUT2D eigenvalue weighted by Gasteiger charge is 2.22. The number of aromatic nitrogens is 2. The van der Waals surface area contributed by atoms with Crippen molar-refractivity contribution < 1.29 is 19.6 Å². The lowest BCUT2D eigenvalue weighted by Crippen LogP contribution is -2.15. The number of azo groups is 1. The molecule has 0 saturated carbocycles. The van der Waals surface area contributed by atoms with Gasteiger partial charge in [0.15, 0.2) is 11.5 Å². The van der Waals surface area contributed by atoms with Gasteiger partial charge < -0.3 is 15.7 Å². The van der Waals surface area contributed by atoms with Crippen LogP contribution in [0, 0.1) is 10.1 Å². The summed E-state index contributed by atoms with van der Waals surface area (Å²) in [4.78, 5) is 48.9. The van der Waals surface area contributed by atoms with Crippen LogP contribution >= 0.6 is 46.4 Å². The second-order valence-corrected chi connectivity index (χ2v) is 14.0. The summed E-state index contributed by atoms with van der Waals surface area (Å²) in [6, 6.07) is 10.5. The van der Waals surface area contributed by atoms with Crippen molar-refractivity contribution in [1.29, 1.82) is 0 Å². The van der Waals surface area contributed by atoms with E-state index in [4.69, 9.17) is 46.4 Å². The lowest BCUT2D eigenvalue weighted by atomic mass is 10.1. The summed E-state index contributed by atoms with van der Waals surface area (Å²) < 4.78 is 0.985. The summed E-state index contributed by atoms with van der Waals surface area (Å²) in [5.74, 6) is -1.72. The zero-order valence-corrected chi connectivity index (χ0v) is 31.9. The van der Waals surface area contributed by atoms with Gasteiger partial charge in [-0.05, 0) is 42.8 Å². The van der Waals surface area contributed by atoms with Crippen molar-refractivity contribution in [3.05, 3.63) is 94.7 Å². The van der Waals surface area contributed by atoms with Crippen molar-refractivity contribution in [3.8, 4) is 5.69 Å². The number of H-pyrrole nitrogens is 1. The Morgan fingerprint density at radius 1 is 0.849 bits per heavy atom. The predicted octanol–water partition coefficient (Wildman–Crippen LogP) is 12.2. The Labute approximate surface area is 325 Å². The van der Waals surface area contributed by atoms with Crippen molar-refractivity contribution in [2.45, 2.75) is 84.0 Å². The van der Waals surface area contributed by atoms with Crippen LogP contribution in [0.5, 0.6) is 0 Å². The molecule has 1 aromatic heterocycles. The first-order valence-corrected chi connectivity index (χ1v) is 18.7. The molecule has 0 radical (unpaired) electrons. The molecule has 13 nitrogen and oxygen atoms in total. The average molecular weight is 808 g/mol. The van der Waals surface area contributed by atoms with E-state index in [0.29, 0.717) is 12.1 Å². The molecule has 1 heterocycles. The van der Waals surface area contributed by atoms with Crippen LogP contribution in [-0.4, -0.2) is 31.7 Å². The number of rotatable bonds is 20. The molecule has 53 heavy (non-hydrogen) atoms. The minimum Gasteiger partial charge on any atom is -0.478 e. The Morgan fingerprint density at radius 2 is 1.47 bits per heavy atom. The molecule has 0 atom stereocenters. The lowest BCUT2D eigenvalue weighted by molar-refractivity contribution is -0.384. The monoisotopic (exact) mass is 805 g/mol. The second-order valence-electron chi connectivity index (χ2n) is 12.3. The van der Waals surface area contributed by atoms with Gasteiger partial charge in [0, 0.05) is 29.3 Å². The number of benzene rings is 3. The van der Waals surface area contributed by atoms with Crippen LogP contribution in [0.25, 0.3) is 5.69 Å². The van der Waals surface area contributed by atoms with Gasteiger partial charge in [0.25, 0.3) is 5.69 Å². The SMILES string of the molecule is CCCCCCCCCCCCCC(=O)Nc1ccc(Cl)c(Nc2[nH]n(-c3c(Cl)cc(Cl)cc3Cl)c(=O)c2N=Nc2ccc([N+](=O)[O-])cc2C(=O)O)c1. The number of carbonyl (C=O) groups excluding carboxylic acids is 1. The Hall–Kier alpha value is -4.43. The summed E-state index contributed by atoms with van der Waals surface area (Å²) in [7, 11) is 0. The van der Waals surface area contributed by atoms with Gasteiger partial charge in [-0.2, -0.15) is 0 Å². The van der Waals surface area contributed by atoms with E-state index in [9.17, 15) is 29.6 Å². The van der Waals surface area contributed by atoms with Gasteiger partial charge in [-0.3, -0.25) is 24.8 Å². The third-order valence-corrected chi connectivity index (χ3v) is 9.39. The minimum absolute atomic E-state index is 0.0185. The first-order valence-electron chi connectivity index (χ1n) is 17.2. The Bertz CT molecular complexity index is 2010. The van der Waals surface area contributed by atoms with Crippen LogP contribution < -0.4 is 16.2 Å². The number of amides is 1. The summed E-state index contributed by atoms with van der Waals surface area (Å²) in [6.45, 7) is 2.22. The zero-order chi connectivity index (χ0) is 38.5. The first kappa shape index (κ1) is 41.3. The predicted molar refractivity (Wildman–Crippen MR) is 210 cm³/mol. The number of hydrogen-bond donors (Lipinski definition) is 4. The van der Waals surface area contributed by atoms with E-state index in [2.05, 4.69) is 32.9 Å². The van der Waals surface area contributed by atoms with Crippen molar-refractivity contribution in [3.63, 3.8) is 0 Å². The van der Waals surface area contributed by atoms with Crippen LogP contribution in [0.2, 0.25) is 20.1 Å². The molecule has 4 aromatic rings. The van der Waals surface area contributed by atoms with Gasteiger partial charge in [-0.15, -0.1) is 10.2 Å². The first-order chi connectivity index (χ1) is 25.4. The summed E-state index contributed by atoms with van der Waals surface area (Å²) >= 11 is 25.4. The number of aromatic carboxylic acids is 1. The molecule has 17 heteroatoms. The van der Waals surface area contributed by atoms with Crippen LogP contribution in [0.1, 0.15) is 94.3 Å². The minimum atomic E-state index is -1.50. The number of nitro benzene ring substituents is 1. The number of halogens is 4. The fraction of sp³-hybridized carbons (Fsp3) is 0.361. The fourth-order valence-electron chi connectivity index (χ4n) is 5.52. The normalized spacial score (nSPS) is 11.3. The van der Waals surface area contributed by atoms with E-state index >= 15 is 0 Å². The number of carboxylic acids is 1. The molecule has 0 fully saturated rings. The number of aromatic amines is 1. The molecule has 0 saturated heterocycles. The molecule has 3 aromatic carbocycles. The number of nitrogens with one attached hydrogen (secondary N) is 3. The topological polar surface area (TPSA) is 184 Å². The van der Waals surface area contributed by atoms with Crippen molar-refractivity contribution in [2.24, 2.45) is 10.2 Å². The molecule has 0 bridgehead atoms. The van der Waals surface area contributed by atoms with Gasteiger partial charge >= 0.3 is 11.5 Å². The average Bonchev–Trinajstić information content (AvgIpc) is 3.40. The van der Waals surface area contributed by atoms with E-state index in [1.54, 1.807) is 18.2 Å². The maximum Gasteiger partial charge on any atom is 0.338 e. The maximum atomic E-state index is 13.8. The Morgan fingerprint density at radius 3 is 2.08 bits per heavy atom. The molecule has 1 amide bonds. The largest absolute Gasteiger partial charge is 0.478 e. The number of hydrogen-bond acceptors (Lipinski definition) is 8. The van der Waals surface area contributed by atoms with E-state index in [1.807, 2.05) is 0 Å². The van der Waals surface area contributed by atoms with Gasteiger partial charge in [-0.25, -0.2) is 9.48 Å². The molecule has 0 spiro atoms. The second kappa shape index (κ2) is 20.1. The van der Waals surface area contributed by atoms with Crippen LogP contribution in [0.3, 0.4) is 0 Å². The smallest absolute Gasteiger partial charge is 0.338 e. The highest BCUT2D eigenvalue weighted by molar-refractivity contribution is 6.40. The van der Waals surface area contributed by atoms with E-state index < -0.39 is 27.7 Å². The highest BCUT2D eigenvalue weighted by atomic mass is 35.5. The van der Waals surface area contributed by atoms with Gasteiger partial charge in [0.05, 0.1) is 31.2 Å². The number of carbonyl (C=O) groups is 2. The number of nitrogens with zero attached hydrogens (tertiary/aromatic N) is 4. The van der Waals surface area contributed by atoms with Gasteiger partial charge in [0.1, 0.15) is 11.4 Å². The van der Waals surface area contributed by atoms with E-state index in [1.165, 1.54) is 57.1 Å². The summed E-state index contributed by atoms with van der Waals surface area (Å²) in [6.07, 6.45) is 13.3. The van der Waals surface area contributed by atoms with Crippen molar-refractivity contribution in [1.82, 2.24) is 9.78 Å². The lowest BCUT2D eigenvalue weighted by Gasteiger charge is -2.11. The summed E-state index contributed by atoms with van der Waals surface area (Å²) in [5.41, 5.74) is -1.68. The number of non-ortho nitro benzene ring substituents is 1. The Balaban J connectivity index is 1.53. The van der Waals surface area contributed by atoms with Crippen LogP contribution in [0.4, 0.5) is 34.3 Å². The fourth-order valence-corrected chi connectivity index (χ4v) is 6.67. The molecule has 0 aliphatic rings. The van der Waals surface area contributed by atoms with Crippen LogP contribution in [-0.2, 0) is 4.79 Å². The van der Waals surface area contributed by atoms with Gasteiger partial charge in [-0.1, -0.05) is 118 Å². The maximum absolute atomic E-state index is 13.8. The molecule has 0 unspecified atom stereocenters. The van der Waals surface area contributed by atoms with E-state index in [0.717, 1.165) is 48.6 Å². The molecule has 4 N–H and O–H groups in total. The highest BCUT2D eigenvalue weighted by Crippen LogP contribution is 2.36. The third-order valence-electron chi connectivity index (χ3n) is 8.27. The molecule has 0 aliphatic heterocycles. The van der Waals surface area contributed by atoms with Crippen LogP contribution in [0.15, 0.2) is 63.6 Å². The number of carboxylic acid groups (broad SMARTS) is 1. The third kappa shape index (κ3) is 11.8. The van der Waals surface area contributed by atoms with Crippen molar-refractivity contribution in [2.75, 3.05) is 10.6 Å². The number of anilines is 3. The molecular formula is C36H39Cl4N7O6. The van der Waals surface area contributed by atoms with Crippen molar-refractivity contribution >= 4 is 92.5 Å². The van der Waals surface area contributed by atoms with E-state index in [-0.39, 0.29) is 54.6 Å². The molecular weight excluding hydrogens is 768 g/mol. The standard InChI is InChI=1S/C36H39Cl4N7O6/c1-2-3-4-5-6-7-8-9-10-11-12-13-31(48)41-23-14-16-26(38)30(20-23)42-34-32(35(49)46(45-34)33-27(39)18-22(37)19-28(33)40)44-43-29-17-15-24(47(52)53)21-25(29)36(50)51/h14-21,42,45H,2-13H2,1H3,(H,41,48)(H,50,51). The summed E-state index contributed by atoms with van der Waals surface area (Å²) in [5, 5.41) is 38.0. The zero-order valence-electron chi connectivity index (χ0n) is 28.9. The number of unbranched alkanes of at least 4 members (excludes halogenated alkanes) is 10. The molecule has 0 aliphatic carbocycles. The quantitative estimate of drug-likeness (QED) is 0.0296. The molecule has 282 valence electrons. The Kier molecular flexibility index (Phi) is 15.7. The molecule has 4 rings (SSSR count).